The predicted molar refractivity (Wildman–Crippen MR) is 22.7 cm³/mol. The first-order valence-electron chi connectivity index (χ1n) is 1.10. The number of aliphatic carboxylic acids is 1. The van der Waals surface area contributed by atoms with Gasteiger partial charge in [-0.05, 0) is 0 Å². The van der Waals surface area contributed by atoms with Gasteiger partial charge in [-0.25, -0.2) is 4.79 Å². The standard InChI is InChI=1S/C2H4O3.Sr.2H/c3-1-2(4)5;;;/h3H,1H2,(H,4,5);;;/q;+2;2*-1. The molecule has 0 aliphatic heterocycles. The van der Waals surface area contributed by atoms with E-state index >= 15 is 0 Å². The Balaban J connectivity index is -0.0000000267. The van der Waals surface area contributed by atoms with Crippen LogP contribution in [0.1, 0.15) is 2.85 Å². The first-order chi connectivity index (χ1) is 2.27. The van der Waals surface area contributed by atoms with Crippen LogP contribution in [-0.4, -0.2) is 68.3 Å². The summed E-state index contributed by atoms with van der Waals surface area (Å²) in [4.78, 5) is 9.12. The number of hydrogen-bond donors (Lipinski definition) is 2. The molecule has 6 heavy (non-hydrogen) atoms. The number of hydrogen-bond acceptors (Lipinski definition) is 2. The molecule has 2 N–H and O–H groups in total. The van der Waals surface area contributed by atoms with Crippen LogP contribution in [0.3, 0.4) is 0 Å². The van der Waals surface area contributed by atoms with Gasteiger partial charge in [-0.2, -0.15) is 0 Å². The number of aliphatic hydroxyl groups is 1. The Morgan fingerprint density at radius 3 is 2.00 bits per heavy atom. The summed E-state index contributed by atoms with van der Waals surface area (Å²) < 4.78 is 0. The molecule has 0 aliphatic carbocycles. The molecule has 0 saturated heterocycles. The summed E-state index contributed by atoms with van der Waals surface area (Å²) in [6.07, 6.45) is 0. The third-order valence-corrected chi connectivity index (χ3v) is 0.135. The minimum Gasteiger partial charge on any atom is -1.00 e. The van der Waals surface area contributed by atoms with Gasteiger partial charge in [0.05, 0.1) is 0 Å². The molecule has 0 fully saturated rings. The van der Waals surface area contributed by atoms with Crippen molar-refractivity contribution in [2.75, 3.05) is 6.61 Å². The van der Waals surface area contributed by atoms with Crippen LogP contribution in [-0.2, 0) is 4.79 Å². The Labute approximate surface area is 75.2 Å². The quantitative estimate of drug-likeness (QED) is 0.486. The van der Waals surface area contributed by atoms with Gasteiger partial charge in [0.2, 0.25) is 0 Å². The van der Waals surface area contributed by atoms with Crippen LogP contribution in [0.15, 0.2) is 0 Å². The molecular weight excluding hydrogens is 160 g/mol. The van der Waals surface area contributed by atoms with Gasteiger partial charge in [-0.15, -0.1) is 0 Å². The van der Waals surface area contributed by atoms with Gasteiger partial charge in [0.25, 0.3) is 0 Å². The smallest absolute Gasteiger partial charge is 1.00 e. The minimum absolute atomic E-state index is 0. The molecule has 0 aliphatic rings. The zero-order chi connectivity index (χ0) is 4.28. The predicted octanol–water partition coefficient (Wildman–Crippen LogP) is -1.09. The third kappa shape index (κ3) is 8.86. The van der Waals surface area contributed by atoms with Gasteiger partial charge in [0.15, 0.2) is 0 Å². The maximum Gasteiger partial charge on any atom is 2.00 e. The molecule has 0 amide bonds. The Morgan fingerprint density at radius 2 is 2.00 bits per heavy atom. The molecule has 3 nitrogen and oxygen atoms in total. The van der Waals surface area contributed by atoms with E-state index in [1.807, 2.05) is 0 Å². The molecule has 0 atom stereocenters. The van der Waals surface area contributed by atoms with E-state index in [2.05, 4.69) is 0 Å². The Kier molecular flexibility index (Phi) is 9.86. The molecule has 0 heterocycles. The van der Waals surface area contributed by atoms with Gasteiger partial charge in [0.1, 0.15) is 6.61 Å². The van der Waals surface area contributed by atoms with E-state index in [-0.39, 0.29) is 48.3 Å². The first-order valence-corrected chi connectivity index (χ1v) is 1.10. The molecule has 4 heteroatoms. The van der Waals surface area contributed by atoms with Gasteiger partial charge in [0, 0.05) is 0 Å². The molecule has 0 aromatic heterocycles. The topological polar surface area (TPSA) is 57.5 Å². The van der Waals surface area contributed by atoms with Crippen molar-refractivity contribution in [3.8, 4) is 0 Å². The van der Waals surface area contributed by atoms with Crippen molar-refractivity contribution in [3.63, 3.8) is 0 Å². The molecule has 34 valence electrons. The van der Waals surface area contributed by atoms with Crippen LogP contribution in [0.25, 0.3) is 0 Å². The summed E-state index contributed by atoms with van der Waals surface area (Å²) in [6.45, 7) is -0.778. The van der Waals surface area contributed by atoms with E-state index < -0.39 is 12.6 Å². The summed E-state index contributed by atoms with van der Waals surface area (Å²) >= 11 is 0. The molecule has 0 spiro atoms. The van der Waals surface area contributed by atoms with E-state index in [1.165, 1.54) is 0 Å². The van der Waals surface area contributed by atoms with Crippen LogP contribution in [0, 0.1) is 0 Å². The average Bonchev–Trinajstić information content (AvgIpc) is 1.38. The average molecular weight is 166 g/mol. The molecule has 0 radical (unpaired) electrons. The van der Waals surface area contributed by atoms with Crippen LogP contribution in [0.2, 0.25) is 0 Å². The maximum atomic E-state index is 9.12. The fourth-order valence-corrected chi connectivity index (χ4v) is 0. The molecule has 0 aromatic rings. The van der Waals surface area contributed by atoms with Crippen molar-refractivity contribution in [1.82, 2.24) is 0 Å². The van der Waals surface area contributed by atoms with Crippen molar-refractivity contribution in [3.05, 3.63) is 0 Å². The van der Waals surface area contributed by atoms with E-state index in [0.717, 1.165) is 0 Å². The summed E-state index contributed by atoms with van der Waals surface area (Å²) in [5, 5.41) is 15.0. The number of carboxylic acid groups (broad SMARTS) is 1. The molecule has 0 aromatic carbocycles. The Bertz CT molecular complexity index is 50.5. The van der Waals surface area contributed by atoms with Gasteiger partial charge in [-0.1, -0.05) is 0 Å². The summed E-state index contributed by atoms with van der Waals surface area (Å²) in [5.41, 5.74) is 0. The van der Waals surface area contributed by atoms with Crippen molar-refractivity contribution >= 4 is 51.5 Å². The summed E-state index contributed by atoms with van der Waals surface area (Å²) in [6, 6.07) is 0. The number of rotatable bonds is 1. The number of carboxylic acids is 1. The monoisotopic (exact) mass is 166 g/mol. The Morgan fingerprint density at radius 1 is 1.83 bits per heavy atom. The molecule has 0 bridgehead atoms. The number of carbonyl (C=O) groups is 1. The van der Waals surface area contributed by atoms with E-state index in [9.17, 15) is 0 Å². The first kappa shape index (κ1) is 10.0. The van der Waals surface area contributed by atoms with Crippen LogP contribution in [0.5, 0.6) is 0 Å². The van der Waals surface area contributed by atoms with Crippen LogP contribution >= 0.6 is 0 Å². The third-order valence-electron chi connectivity index (χ3n) is 0.135. The zero-order valence-corrected chi connectivity index (χ0v) is 6.69. The van der Waals surface area contributed by atoms with Gasteiger partial charge >= 0.3 is 51.5 Å². The van der Waals surface area contributed by atoms with Crippen molar-refractivity contribution < 1.29 is 17.9 Å². The van der Waals surface area contributed by atoms with Gasteiger partial charge < -0.3 is 13.1 Å². The second-order valence-electron chi connectivity index (χ2n) is 0.552. The normalized spacial score (nSPS) is 6.17. The van der Waals surface area contributed by atoms with Crippen molar-refractivity contribution in [2.24, 2.45) is 0 Å². The fraction of sp³-hybridized carbons (Fsp3) is 0.500. The molecule has 0 unspecified atom stereocenters. The SMILES string of the molecule is O=C(O)CO.[H-].[H-].[Sr+2]. The Hall–Kier alpha value is 0.911. The van der Waals surface area contributed by atoms with Gasteiger partial charge in [-0.3, -0.25) is 0 Å². The van der Waals surface area contributed by atoms with E-state index in [0.29, 0.717) is 0 Å². The largest absolute Gasteiger partial charge is 2.00 e. The van der Waals surface area contributed by atoms with Crippen LogP contribution < -0.4 is 0 Å². The minimum atomic E-state index is -1.19. The fourth-order valence-electron chi connectivity index (χ4n) is 0. The van der Waals surface area contributed by atoms with E-state index in [4.69, 9.17) is 15.0 Å². The van der Waals surface area contributed by atoms with Crippen molar-refractivity contribution in [1.29, 1.82) is 0 Å². The molecule has 0 saturated carbocycles. The maximum absolute atomic E-state index is 9.12. The number of aliphatic hydroxyl groups excluding tert-OH is 1. The second-order valence-corrected chi connectivity index (χ2v) is 0.552. The van der Waals surface area contributed by atoms with Crippen molar-refractivity contribution in [2.45, 2.75) is 0 Å². The summed E-state index contributed by atoms with van der Waals surface area (Å²) in [5.74, 6) is -1.19. The summed E-state index contributed by atoms with van der Waals surface area (Å²) in [7, 11) is 0. The molecular formula is C2H6O3Sr. The van der Waals surface area contributed by atoms with Crippen LogP contribution in [0.4, 0.5) is 0 Å². The zero-order valence-electron chi connectivity index (χ0n) is 5.22. The molecule has 0 rings (SSSR count). The second kappa shape index (κ2) is 5.91. The van der Waals surface area contributed by atoms with E-state index in [1.54, 1.807) is 0 Å².